The van der Waals surface area contributed by atoms with Crippen molar-refractivity contribution in [2.45, 2.75) is 26.2 Å². The highest BCUT2D eigenvalue weighted by Crippen LogP contribution is 2.22. The molecule has 0 bridgehead atoms. The molecule has 0 heterocycles. The van der Waals surface area contributed by atoms with Crippen LogP contribution in [0.15, 0.2) is 24.3 Å². The Morgan fingerprint density at radius 3 is 2.69 bits per heavy atom. The second kappa shape index (κ2) is 5.12. The second-order valence-corrected chi connectivity index (χ2v) is 4.53. The van der Waals surface area contributed by atoms with Gasteiger partial charge in [0.15, 0.2) is 0 Å². The molecule has 0 aromatic heterocycles. The van der Waals surface area contributed by atoms with Crippen LogP contribution in [0, 0.1) is 0 Å². The van der Waals surface area contributed by atoms with Crippen molar-refractivity contribution in [3.05, 3.63) is 35.4 Å². The first-order valence-electron chi connectivity index (χ1n) is 5.60. The van der Waals surface area contributed by atoms with Gasteiger partial charge >= 0.3 is 0 Å². The summed E-state index contributed by atoms with van der Waals surface area (Å²) in [5.74, 6) is -0.0304. The number of nitrogens with two attached hydrogens (primary N) is 1. The van der Waals surface area contributed by atoms with Crippen LogP contribution in [0.2, 0.25) is 0 Å². The number of benzene rings is 1. The van der Waals surface area contributed by atoms with Crippen LogP contribution in [0.5, 0.6) is 0 Å². The zero-order valence-electron chi connectivity index (χ0n) is 10.2. The summed E-state index contributed by atoms with van der Waals surface area (Å²) in [5.41, 5.74) is 7.42. The molecule has 0 unspecified atom stereocenters. The summed E-state index contributed by atoms with van der Waals surface area (Å²) < 4.78 is 0. The Hall–Kier alpha value is -1.35. The van der Waals surface area contributed by atoms with E-state index in [9.17, 15) is 4.79 Å². The minimum atomic E-state index is -0.0947. The smallest absolute Gasteiger partial charge is 0.251 e. The molecule has 3 heteroatoms. The molecule has 0 aliphatic heterocycles. The predicted octanol–water partition coefficient (Wildman–Crippen LogP) is 1.67. The topological polar surface area (TPSA) is 55.1 Å². The van der Waals surface area contributed by atoms with Crippen LogP contribution in [0.3, 0.4) is 0 Å². The highest BCUT2D eigenvalue weighted by molar-refractivity contribution is 5.94. The Morgan fingerprint density at radius 1 is 1.44 bits per heavy atom. The minimum absolute atomic E-state index is 0.0304. The van der Waals surface area contributed by atoms with E-state index in [0.717, 1.165) is 5.56 Å². The molecule has 0 atom stereocenters. The number of carbonyl (C=O) groups is 1. The van der Waals surface area contributed by atoms with Gasteiger partial charge in [0, 0.05) is 24.1 Å². The fourth-order valence-electron chi connectivity index (χ4n) is 1.46. The van der Waals surface area contributed by atoms with Crippen molar-refractivity contribution in [2.24, 2.45) is 5.73 Å². The van der Waals surface area contributed by atoms with E-state index in [1.807, 2.05) is 31.2 Å². The lowest BCUT2D eigenvalue weighted by Gasteiger charge is -2.23. The first-order chi connectivity index (χ1) is 7.51. The quantitative estimate of drug-likeness (QED) is 0.811. The van der Waals surface area contributed by atoms with Crippen molar-refractivity contribution in [1.29, 1.82) is 0 Å². The van der Waals surface area contributed by atoms with Crippen molar-refractivity contribution < 1.29 is 4.79 Å². The molecule has 16 heavy (non-hydrogen) atoms. The molecule has 1 aromatic rings. The maximum Gasteiger partial charge on any atom is 0.251 e. The van der Waals surface area contributed by atoms with E-state index in [1.54, 1.807) is 0 Å². The first kappa shape index (κ1) is 12.7. The standard InChI is InChI=1S/C13H20N2O/c1-4-15-12(16)10-6-5-7-11(8-10)13(2,3)9-14/h5-8H,4,9,14H2,1-3H3,(H,15,16). The van der Waals surface area contributed by atoms with E-state index >= 15 is 0 Å². The molecular weight excluding hydrogens is 200 g/mol. The number of amides is 1. The molecule has 88 valence electrons. The summed E-state index contributed by atoms with van der Waals surface area (Å²) in [6, 6.07) is 7.64. The maximum absolute atomic E-state index is 11.7. The molecule has 0 saturated heterocycles. The van der Waals surface area contributed by atoms with Crippen molar-refractivity contribution in [2.75, 3.05) is 13.1 Å². The van der Waals surface area contributed by atoms with Crippen molar-refractivity contribution in [1.82, 2.24) is 5.32 Å². The Kier molecular flexibility index (Phi) is 4.07. The highest BCUT2D eigenvalue weighted by Gasteiger charge is 2.19. The average molecular weight is 220 g/mol. The summed E-state index contributed by atoms with van der Waals surface area (Å²) in [7, 11) is 0. The van der Waals surface area contributed by atoms with Gasteiger partial charge in [-0.05, 0) is 24.6 Å². The summed E-state index contributed by atoms with van der Waals surface area (Å²) in [6.45, 7) is 7.26. The van der Waals surface area contributed by atoms with E-state index in [0.29, 0.717) is 18.7 Å². The molecule has 0 saturated carbocycles. The van der Waals surface area contributed by atoms with E-state index in [-0.39, 0.29) is 11.3 Å². The van der Waals surface area contributed by atoms with Gasteiger partial charge in [-0.15, -0.1) is 0 Å². The summed E-state index contributed by atoms with van der Waals surface area (Å²) >= 11 is 0. The molecule has 0 spiro atoms. The van der Waals surface area contributed by atoms with Gasteiger partial charge in [0.05, 0.1) is 0 Å². The van der Waals surface area contributed by atoms with Crippen LogP contribution in [0.4, 0.5) is 0 Å². The number of carbonyl (C=O) groups excluding carboxylic acids is 1. The van der Waals surface area contributed by atoms with Gasteiger partial charge in [-0.3, -0.25) is 4.79 Å². The fourth-order valence-corrected chi connectivity index (χ4v) is 1.46. The maximum atomic E-state index is 11.7. The molecule has 0 aliphatic carbocycles. The third-order valence-electron chi connectivity index (χ3n) is 2.75. The van der Waals surface area contributed by atoms with Gasteiger partial charge in [0.2, 0.25) is 0 Å². The molecule has 1 amide bonds. The lowest BCUT2D eigenvalue weighted by molar-refractivity contribution is 0.0955. The number of rotatable bonds is 4. The van der Waals surface area contributed by atoms with Crippen molar-refractivity contribution in [3.63, 3.8) is 0 Å². The van der Waals surface area contributed by atoms with Crippen molar-refractivity contribution in [3.8, 4) is 0 Å². The average Bonchev–Trinajstić information content (AvgIpc) is 2.29. The van der Waals surface area contributed by atoms with Crippen LogP contribution in [0.25, 0.3) is 0 Å². The minimum Gasteiger partial charge on any atom is -0.352 e. The number of hydrogen-bond acceptors (Lipinski definition) is 2. The van der Waals surface area contributed by atoms with Crippen LogP contribution in [-0.4, -0.2) is 19.0 Å². The van der Waals surface area contributed by atoms with Crippen LogP contribution >= 0.6 is 0 Å². The van der Waals surface area contributed by atoms with E-state index in [2.05, 4.69) is 19.2 Å². The van der Waals surface area contributed by atoms with Gasteiger partial charge in [-0.2, -0.15) is 0 Å². The molecular formula is C13H20N2O. The molecule has 0 fully saturated rings. The van der Waals surface area contributed by atoms with Gasteiger partial charge in [-0.1, -0.05) is 26.0 Å². The Bertz CT molecular complexity index is 372. The summed E-state index contributed by atoms with van der Waals surface area (Å²) in [5, 5.41) is 2.79. The fraction of sp³-hybridized carbons (Fsp3) is 0.462. The number of nitrogens with one attached hydrogen (secondary N) is 1. The zero-order valence-corrected chi connectivity index (χ0v) is 10.2. The van der Waals surface area contributed by atoms with Crippen LogP contribution in [-0.2, 0) is 5.41 Å². The van der Waals surface area contributed by atoms with E-state index in [4.69, 9.17) is 5.73 Å². The van der Waals surface area contributed by atoms with Gasteiger partial charge in [-0.25, -0.2) is 0 Å². The van der Waals surface area contributed by atoms with Gasteiger partial charge in [0.1, 0.15) is 0 Å². The summed E-state index contributed by atoms with van der Waals surface area (Å²) in [6.07, 6.45) is 0. The predicted molar refractivity (Wildman–Crippen MR) is 66.5 cm³/mol. The second-order valence-electron chi connectivity index (χ2n) is 4.53. The lowest BCUT2D eigenvalue weighted by Crippen LogP contribution is -2.29. The Balaban J connectivity index is 3.00. The van der Waals surface area contributed by atoms with E-state index in [1.165, 1.54) is 0 Å². The largest absolute Gasteiger partial charge is 0.352 e. The molecule has 3 N–H and O–H groups in total. The molecule has 1 aromatic carbocycles. The van der Waals surface area contributed by atoms with Gasteiger partial charge in [0.25, 0.3) is 5.91 Å². The first-order valence-corrected chi connectivity index (χ1v) is 5.60. The van der Waals surface area contributed by atoms with Gasteiger partial charge < -0.3 is 11.1 Å². The highest BCUT2D eigenvalue weighted by atomic mass is 16.1. The molecule has 0 radical (unpaired) electrons. The van der Waals surface area contributed by atoms with Crippen molar-refractivity contribution >= 4 is 5.91 Å². The SMILES string of the molecule is CCNC(=O)c1cccc(C(C)(C)CN)c1. The Morgan fingerprint density at radius 2 is 2.12 bits per heavy atom. The Labute approximate surface area is 97.0 Å². The van der Waals surface area contributed by atoms with Crippen LogP contribution in [0.1, 0.15) is 36.7 Å². The monoisotopic (exact) mass is 220 g/mol. The van der Waals surface area contributed by atoms with Crippen LogP contribution < -0.4 is 11.1 Å². The third-order valence-corrected chi connectivity index (χ3v) is 2.75. The normalized spacial score (nSPS) is 11.2. The molecule has 0 aliphatic rings. The third kappa shape index (κ3) is 2.83. The molecule has 1 rings (SSSR count). The van der Waals surface area contributed by atoms with E-state index < -0.39 is 0 Å². The zero-order chi connectivity index (χ0) is 12.2. The lowest BCUT2D eigenvalue weighted by atomic mass is 9.84. The number of hydrogen-bond donors (Lipinski definition) is 2. The molecule has 3 nitrogen and oxygen atoms in total. The summed E-state index contributed by atoms with van der Waals surface area (Å²) in [4.78, 5) is 11.7.